The van der Waals surface area contributed by atoms with E-state index < -0.39 is 11.0 Å². The van der Waals surface area contributed by atoms with Gasteiger partial charge < -0.3 is 9.80 Å². The lowest BCUT2D eigenvalue weighted by Crippen LogP contribution is -2.57. The molecule has 0 N–H and O–H groups in total. The number of benzene rings is 2. The van der Waals surface area contributed by atoms with Crippen molar-refractivity contribution in [3.05, 3.63) is 68.7 Å². The quantitative estimate of drug-likeness (QED) is 0.596. The van der Waals surface area contributed by atoms with Gasteiger partial charge in [-0.1, -0.05) is 17.7 Å². The predicted octanol–water partition coefficient (Wildman–Crippen LogP) is 3.43. The van der Waals surface area contributed by atoms with Gasteiger partial charge in [0.05, 0.1) is 4.92 Å². The Hall–Kier alpha value is -2.93. The number of rotatable bonds is 3. The third kappa shape index (κ3) is 3.64. The zero-order chi connectivity index (χ0) is 19.7. The largest absolute Gasteiger partial charge is 0.325 e. The van der Waals surface area contributed by atoms with Gasteiger partial charge in [0.1, 0.15) is 6.04 Å². The van der Waals surface area contributed by atoms with Crippen LogP contribution in [0.15, 0.2) is 42.5 Å². The van der Waals surface area contributed by atoms with Gasteiger partial charge in [-0.05, 0) is 43.7 Å². The first-order valence-electron chi connectivity index (χ1n) is 8.42. The highest BCUT2D eigenvalue weighted by atomic mass is 35.5. The van der Waals surface area contributed by atoms with Crippen LogP contribution in [0.3, 0.4) is 0 Å². The van der Waals surface area contributed by atoms with Crippen LogP contribution in [0.1, 0.15) is 22.8 Å². The standard InChI is InChI=1S/C19H18ClN3O4/c1-12-3-6-16(11-17(12)20)22-10-9-21(13(2)18(22)24)19(25)14-4-7-15(8-5-14)23(26)27/h3-8,11,13H,9-10H2,1-2H3/t13-/m0/s1. The number of carbonyl (C=O) groups is 2. The molecule has 1 aliphatic rings. The van der Waals surface area contributed by atoms with Crippen molar-refractivity contribution in [3.63, 3.8) is 0 Å². The highest BCUT2D eigenvalue weighted by Gasteiger charge is 2.35. The number of halogens is 1. The van der Waals surface area contributed by atoms with Crippen molar-refractivity contribution in [2.45, 2.75) is 19.9 Å². The molecule has 1 fully saturated rings. The minimum Gasteiger partial charge on any atom is -0.325 e. The minimum atomic E-state index is -0.651. The molecular weight excluding hydrogens is 370 g/mol. The van der Waals surface area contributed by atoms with E-state index in [2.05, 4.69) is 0 Å². The van der Waals surface area contributed by atoms with E-state index >= 15 is 0 Å². The zero-order valence-corrected chi connectivity index (χ0v) is 15.6. The minimum absolute atomic E-state index is 0.0863. The van der Waals surface area contributed by atoms with Gasteiger partial charge >= 0.3 is 0 Å². The lowest BCUT2D eigenvalue weighted by atomic mass is 10.1. The van der Waals surface area contributed by atoms with Gasteiger partial charge in [-0.15, -0.1) is 0 Å². The van der Waals surface area contributed by atoms with E-state index in [0.717, 1.165) is 5.56 Å². The smallest absolute Gasteiger partial charge is 0.269 e. The number of amides is 2. The molecule has 0 saturated carbocycles. The van der Waals surface area contributed by atoms with Crippen molar-refractivity contribution in [1.29, 1.82) is 0 Å². The summed E-state index contributed by atoms with van der Waals surface area (Å²) in [4.78, 5) is 38.9. The third-order valence-electron chi connectivity index (χ3n) is 4.71. The molecule has 0 spiro atoms. The Balaban J connectivity index is 1.78. The van der Waals surface area contributed by atoms with Crippen molar-refractivity contribution in [2.24, 2.45) is 0 Å². The van der Waals surface area contributed by atoms with E-state index in [0.29, 0.717) is 29.4 Å². The summed E-state index contributed by atoms with van der Waals surface area (Å²) in [5, 5.41) is 11.3. The first kappa shape index (κ1) is 18.8. The van der Waals surface area contributed by atoms with E-state index in [1.807, 2.05) is 19.1 Å². The Morgan fingerprint density at radius 2 is 1.85 bits per heavy atom. The van der Waals surface area contributed by atoms with Crippen molar-refractivity contribution >= 4 is 34.8 Å². The maximum atomic E-state index is 12.8. The summed E-state index contributed by atoms with van der Waals surface area (Å²) in [5.41, 5.74) is 1.85. The van der Waals surface area contributed by atoms with Crippen molar-refractivity contribution in [1.82, 2.24) is 4.90 Å². The fraction of sp³-hybridized carbons (Fsp3) is 0.263. The number of carbonyl (C=O) groups excluding carboxylic acids is 2. The summed E-state index contributed by atoms with van der Waals surface area (Å²) >= 11 is 6.16. The Labute approximate surface area is 161 Å². The van der Waals surface area contributed by atoms with E-state index in [4.69, 9.17) is 11.6 Å². The average Bonchev–Trinajstić information content (AvgIpc) is 2.66. The first-order chi connectivity index (χ1) is 12.8. The van der Waals surface area contributed by atoms with Crippen LogP contribution < -0.4 is 4.90 Å². The van der Waals surface area contributed by atoms with Crippen molar-refractivity contribution in [3.8, 4) is 0 Å². The molecule has 0 radical (unpaired) electrons. The molecule has 140 valence electrons. The number of hydrogen-bond acceptors (Lipinski definition) is 4. The molecule has 2 amide bonds. The van der Waals surface area contributed by atoms with Crippen LogP contribution >= 0.6 is 11.6 Å². The lowest BCUT2D eigenvalue weighted by molar-refractivity contribution is -0.384. The number of hydrogen-bond donors (Lipinski definition) is 0. The summed E-state index contributed by atoms with van der Waals surface area (Å²) in [6.45, 7) is 4.26. The number of nitro groups is 1. The SMILES string of the molecule is Cc1ccc(N2CCN(C(=O)c3ccc([N+](=O)[O-])cc3)[C@@H](C)C2=O)cc1Cl. The van der Waals surface area contributed by atoms with Gasteiger partial charge in [0, 0.05) is 41.5 Å². The third-order valence-corrected chi connectivity index (χ3v) is 5.12. The second-order valence-electron chi connectivity index (χ2n) is 6.40. The van der Waals surface area contributed by atoms with E-state index in [1.54, 1.807) is 17.9 Å². The number of nitro benzene ring substituents is 1. The molecule has 1 aliphatic heterocycles. The normalized spacial score (nSPS) is 17.1. The molecule has 2 aromatic rings. The van der Waals surface area contributed by atoms with Gasteiger partial charge in [-0.25, -0.2) is 0 Å². The van der Waals surface area contributed by atoms with Gasteiger partial charge in [0.2, 0.25) is 5.91 Å². The number of non-ortho nitro benzene ring substituents is 1. The van der Waals surface area contributed by atoms with Gasteiger partial charge in [0.15, 0.2) is 0 Å². The van der Waals surface area contributed by atoms with Crippen LogP contribution in [0.4, 0.5) is 11.4 Å². The predicted molar refractivity (Wildman–Crippen MR) is 102 cm³/mol. The second-order valence-corrected chi connectivity index (χ2v) is 6.81. The number of aryl methyl sites for hydroxylation is 1. The summed E-state index contributed by atoms with van der Waals surface area (Å²) in [5.74, 6) is -0.524. The first-order valence-corrected chi connectivity index (χ1v) is 8.80. The van der Waals surface area contributed by atoms with E-state index in [9.17, 15) is 19.7 Å². The van der Waals surface area contributed by atoms with Crippen LogP contribution in [-0.2, 0) is 4.79 Å². The van der Waals surface area contributed by atoms with Crippen molar-refractivity contribution in [2.75, 3.05) is 18.0 Å². The van der Waals surface area contributed by atoms with E-state index in [1.165, 1.54) is 29.2 Å². The molecule has 0 aromatic heterocycles. The highest BCUT2D eigenvalue weighted by Crippen LogP contribution is 2.26. The molecule has 3 rings (SSSR count). The van der Waals surface area contributed by atoms with Crippen LogP contribution in [0.25, 0.3) is 0 Å². The Kier molecular flexibility index (Phi) is 5.14. The van der Waals surface area contributed by atoms with Gasteiger partial charge in [0.25, 0.3) is 11.6 Å². The molecule has 1 atom stereocenters. The number of anilines is 1. The molecular formula is C19H18ClN3O4. The summed E-state index contributed by atoms with van der Waals surface area (Å²) in [6.07, 6.45) is 0. The molecule has 7 nitrogen and oxygen atoms in total. The monoisotopic (exact) mass is 387 g/mol. The summed E-state index contributed by atoms with van der Waals surface area (Å²) in [6, 6.07) is 10.2. The maximum Gasteiger partial charge on any atom is 0.269 e. The van der Waals surface area contributed by atoms with Gasteiger partial charge in [-0.3, -0.25) is 19.7 Å². The molecule has 0 aliphatic carbocycles. The fourth-order valence-electron chi connectivity index (χ4n) is 3.05. The van der Waals surface area contributed by atoms with Crippen LogP contribution in [-0.4, -0.2) is 40.8 Å². The van der Waals surface area contributed by atoms with Gasteiger partial charge in [-0.2, -0.15) is 0 Å². The van der Waals surface area contributed by atoms with E-state index in [-0.39, 0.29) is 17.5 Å². The topological polar surface area (TPSA) is 83.8 Å². The molecule has 27 heavy (non-hydrogen) atoms. The Morgan fingerprint density at radius 1 is 1.19 bits per heavy atom. The summed E-state index contributed by atoms with van der Waals surface area (Å²) in [7, 11) is 0. The second kappa shape index (κ2) is 7.36. The molecule has 2 aromatic carbocycles. The van der Waals surface area contributed by atoms with Crippen molar-refractivity contribution < 1.29 is 14.5 Å². The highest BCUT2D eigenvalue weighted by molar-refractivity contribution is 6.31. The van der Waals surface area contributed by atoms with Crippen LogP contribution in [0.2, 0.25) is 5.02 Å². The number of nitrogens with zero attached hydrogens (tertiary/aromatic N) is 3. The lowest BCUT2D eigenvalue weighted by Gasteiger charge is -2.39. The molecule has 0 unspecified atom stereocenters. The molecule has 8 heteroatoms. The Bertz CT molecular complexity index is 914. The molecule has 0 bridgehead atoms. The van der Waals surface area contributed by atoms with Crippen LogP contribution in [0.5, 0.6) is 0 Å². The fourth-order valence-corrected chi connectivity index (χ4v) is 3.22. The van der Waals surface area contributed by atoms with Crippen LogP contribution in [0, 0.1) is 17.0 Å². The zero-order valence-electron chi connectivity index (χ0n) is 14.9. The molecule has 1 saturated heterocycles. The summed E-state index contributed by atoms with van der Waals surface area (Å²) < 4.78 is 0. The maximum absolute atomic E-state index is 12.8. The average molecular weight is 388 g/mol. The Morgan fingerprint density at radius 3 is 2.44 bits per heavy atom. The number of piperazine rings is 1. The molecule has 1 heterocycles.